The summed E-state index contributed by atoms with van der Waals surface area (Å²) >= 11 is 0. The lowest BCUT2D eigenvalue weighted by Crippen LogP contribution is -2.46. The molecule has 19 heavy (non-hydrogen) atoms. The third-order valence-electron chi connectivity index (χ3n) is 3.73. The Balaban J connectivity index is 0.00000180. The molecule has 0 spiro atoms. The van der Waals surface area contributed by atoms with E-state index in [1.807, 2.05) is 6.20 Å². The monoisotopic (exact) mass is 286 g/mol. The van der Waals surface area contributed by atoms with Crippen molar-refractivity contribution in [2.24, 2.45) is 11.7 Å². The molecule has 1 fully saturated rings. The molecule has 0 saturated heterocycles. The molecule has 5 nitrogen and oxygen atoms in total. The molecule has 1 aromatic heterocycles. The van der Waals surface area contributed by atoms with Gasteiger partial charge in [0, 0.05) is 12.7 Å². The number of aromatic amines is 1. The van der Waals surface area contributed by atoms with Gasteiger partial charge in [0.15, 0.2) is 0 Å². The Morgan fingerprint density at radius 3 is 2.84 bits per heavy atom. The van der Waals surface area contributed by atoms with E-state index in [0.717, 1.165) is 24.8 Å². The highest BCUT2D eigenvalue weighted by Gasteiger charge is 2.25. The van der Waals surface area contributed by atoms with Crippen molar-refractivity contribution in [3.05, 3.63) is 18.0 Å². The molecule has 0 bridgehead atoms. The number of carbonyl (C=O) groups excluding carboxylic acids is 1. The van der Waals surface area contributed by atoms with Crippen LogP contribution in [0.3, 0.4) is 0 Å². The van der Waals surface area contributed by atoms with Crippen molar-refractivity contribution in [1.82, 2.24) is 15.5 Å². The van der Waals surface area contributed by atoms with E-state index in [9.17, 15) is 4.79 Å². The smallest absolute Gasteiger partial charge is 0.237 e. The minimum atomic E-state index is -0.338. The summed E-state index contributed by atoms with van der Waals surface area (Å²) in [5, 5.41) is 9.53. The maximum Gasteiger partial charge on any atom is 0.237 e. The van der Waals surface area contributed by atoms with Gasteiger partial charge in [-0.05, 0) is 30.7 Å². The van der Waals surface area contributed by atoms with Crippen LogP contribution in [0.2, 0.25) is 0 Å². The summed E-state index contributed by atoms with van der Waals surface area (Å²) in [7, 11) is 0. The van der Waals surface area contributed by atoms with E-state index in [-0.39, 0.29) is 24.4 Å². The highest BCUT2D eigenvalue weighted by atomic mass is 35.5. The van der Waals surface area contributed by atoms with Crippen LogP contribution in [0.15, 0.2) is 12.4 Å². The Kier molecular flexibility index (Phi) is 6.87. The molecule has 6 heteroatoms. The first-order chi connectivity index (χ1) is 8.77. The van der Waals surface area contributed by atoms with Crippen LogP contribution < -0.4 is 11.1 Å². The molecule has 0 aromatic carbocycles. The van der Waals surface area contributed by atoms with Crippen LogP contribution in [0, 0.1) is 5.92 Å². The fraction of sp³-hybridized carbons (Fsp3) is 0.692. The third-order valence-corrected chi connectivity index (χ3v) is 3.73. The zero-order valence-corrected chi connectivity index (χ0v) is 11.9. The second-order valence-corrected chi connectivity index (χ2v) is 5.07. The van der Waals surface area contributed by atoms with Gasteiger partial charge in [0.25, 0.3) is 0 Å². The highest BCUT2D eigenvalue weighted by molar-refractivity contribution is 5.85. The maximum atomic E-state index is 11.9. The van der Waals surface area contributed by atoms with E-state index in [4.69, 9.17) is 5.73 Å². The van der Waals surface area contributed by atoms with Gasteiger partial charge in [0.05, 0.1) is 12.2 Å². The highest BCUT2D eigenvalue weighted by Crippen LogP contribution is 2.25. The number of H-pyrrole nitrogens is 1. The van der Waals surface area contributed by atoms with Crippen molar-refractivity contribution in [2.75, 3.05) is 6.54 Å². The second-order valence-electron chi connectivity index (χ2n) is 5.07. The van der Waals surface area contributed by atoms with E-state index in [1.54, 1.807) is 6.20 Å². The molecule has 108 valence electrons. The van der Waals surface area contributed by atoms with E-state index < -0.39 is 0 Å². The largest absolute Gasteiger partial charge is 0.354 e. The molecule has 1 aliphatic carbocycles. The second kappa shape index (κ2) is 8.17. The topological polar surface area (TPSA) is 83.8 Å². The van der Waals surface area contributed by atoms with E-state index in [1.165, 1.54) is 19.3 Å². The van der Waals surface area contributed by atoms with Gasteiger partial charge < -0.3 is 11.1 Å². The van der Waals surface area contributed by atoms with Crippen molar-refractivity contribution in [1.29, 1.82) is 0 Å². The Labute approximate surface area is 120 Å². The zero-order chi connectivity index (χ0) is 12.8. The average Bonchev–Trinajstić information content (AvgIpc) is 2.92. The van der Waals surface area contributed by atoms with E-state index in [0.29, 0.717) is 12.5 Å². The predicted octanol–water partition coefficient (Wildman–Crippen LogP) is 1.40. The Bertz CT molecular complexity index is 363. The molecule has 0 aliphatic heterocycles. The number of aromatic nitrogens is 2. The quantitative estimate of drug-likeness (QED) is 0.765. The van der Waals surface area contributed by atoms with Gasteiger partial charge in [-0.2, -0.15) is 5.10 Å². The molecule has 1 amide bonds. The average molecular weight is 287 g/mol. The van der Waals surface area contributed by atoms with Crippen molar-refractivity contribution >= 4 is 18.3 Å². The molecule has 1 aromatic rings. The third kappa shape index (κ3) is 4.84. The van der Waals surface area contributed by atoms with Gasteiger partial charge in [0.1, 0.15) is 0 Å². The number of halogens is 1. The van der Waals surface area contributed by atoms with Gasteiger partial charge in [-0.25, -0.2) is 0 Å². The van der Waals surface area contributed by atoms with Crippen molar-refractivity contribution in [3.63, 3.8) is 0 Å². The summed E-state index contributed by atoms with van der Waals surface area (Å²) in [6.07, 6.45) is 10.3. The molecule has 1 saturated carbocycles. The molecule has 1 heterocycles. The lowest BCUT2D eigenvalue weighted by molar-refractivity contribution is -0.123. The van der Waals surface area contributed by atoms with E-state index in [2.05, 4.69) is 15.5 Å². The summed E-state index contributed by atoms with van der Waals surface area (Å²) in [6, 6.07) is -0.338. The lowest BCUT2D eigenvalue weighted by Gasteiger charge is -2.26. The summed E-state index contributed by atoms with van der Waals surface area (Å²) < 4.78 is 0. The molecule has 0 radical (unpaired) electrons. The van der Waals surface area contributed by atoms with Crippen LogP contribution >= 0.6 is 12.4 Å². The van der Waals surface area contributed by atoms with Crippen LogP contribution in [-0.4, -0.2) is 28.7 Å². The predicted molar refractivity (Wildman–Crippen MR) is 77.1 cm³/mol. The minimum absolute atomic E-state index is 0. The molecule has 1 atom stereocenters. The van der Waals surface area contributed by atoms with Crippen LogP contribution in [0.1, 0.15) is 37.7 Å². The number of nitrogens with two attached hydrogens (primary N) is 1. The van der Waals surface area contributed by atoms with Gasteiger partial charge in [0.2, 0.25) is 5.91 Å². The maximum absolute atomic E-state index is 11.9. The van der Waals surface area contributed by atoms with Crippen LogP contribution in [0.5, 0.6) is 0 Å². The molecule has 4 N–H and O–H groups in total. The normalized spacial score (nSPS) is 17.5. The zero-order valence-electron chi connectivity index (χ0n) is 11.1. The Morgan fingerprint density at radius 2 is 2.21 bits per heavy atom. The van der Waals surface area contributed by atoms with Crippen LogP contribution in [0.25, 0.3) is 0 Å². The molecule has 0 unspecified atom stereocenters. The van der Waals surface area contributed by atoms with Crippen molar-refractivity contribution in [2.45, 2.75) is 44.6 Å². The van der Waals surface area contributed by atoms with Gasteiger partial charge in [-0.15, -0.1) is 12.4 Å². The van der Waals surface area contributed by atoms with Crippen molar-refractivity contribution < 1.29 is 4.79 Å². The van der Waals surface area contributed by atoms with Gasteiger partial charge in [-0.3, -0.25) is 9.89 Å². The standard InChI is InChI=1S/C13H22N4O.ClH/c14-12(11-4-2-1-3-5-11)13(18)15-7-6-10-8-16-17-9-10;/h8-9,11-12H,1-7,14H2,(H,15,18)(H,16,17);1H/t12-;/m1./s1. The summed E-state index contributed by atoms with van der Waals surface area (Å²) in [4.78, 5) is 11.9. The van der Waals surface area contributed by atoms with E-state index >= 15 is 0 Å². The van der Waals surface area contributed by atoms with Crippen LogP contribution in [0.4, 0.5) is 0 Å². The summed E-state index contributed by atoms with van der Waals surface area (Å²) in [5.41, 5.74) is 7.12. The summed E-state index contributed by atoms with van der Waals surface area (Å²) in [6.45, 7) is 0.624. The number of carbonyl (C=O) groups is 1. The molecule has 1 aliphatic rings. The van der Waals surface area contributed by atoms with Crippen LogP contribution in [-0.2, 0) is 11.2 Å². The van der Waals surface area contributed by atoms with Gasteiger partial charge in [-0.1, -0.05) is 19.3 Å². The minimum Gasteiger partial charge on any atom is -0.354 e. The molecular formula is C13H23ClN4O. The number of amides is 1. The first kappa shape index (κ1) is 16.0. The van der Waals surface area contributed by atoms with Gasteiger partial charge >= 0.3 is 0 Å². The number of nitrogens with zero attached hydrogens (tertiary/aromatic N) is 1. The Hall–Kier alpha value is -1.07. The fourth-order valence-corrected chi connectivity index (χ4v) is 2.57. The summed E-state index contributed by atoms with van der Waals surface area (Å²) in [5.74, 6) is 0.359. The SMILES string of the molecule is Cl.N[C@@H](C(=O)NCCc1cn[nH]c1)C1CCCCC1. The van der Waals surface area contributed by atoms with Crippen molar-refractivity contribution in [3.8, 4) is 0 Å². The molecule has 2 rings (SSSR count). The molecular weight excluding hydrogens is 264 g/mol. The number of nitrogens with one attached hydrogen (secondary N) is 2. The first-order valence-electron chi connectivity index (χ1n) is 6.78. The number of rotatable bonds is 5. The first-order valence-corrected chi connectivity index (χ1v) is 6.78. The number of hydrogen-bond acceptors (Lipinski definition) is 3. The number of hydrogen-bond donors (Lipinski definition) is 3. The fourth-order valence-electron chi connectivity index (χ4n) is 2.57. The lowest BCUT2D eigenvalue weighted by atomic mass is 9.84. The Morgan fingerprint density at radius 1 is 1.47 bits per heavy atom.